The molecule has 2 N–H and O–H groups in total. The molecule has 0 aliphatic heterocycles. The number of hydrogen-bond acceptors (Lipinski definition) is 5. The van der Waals surface area contributed by atoms with Gasteiger partial charge in [-0.3, -0.25) is 0 Å². The highest BCUT2D eigenvalue weighted by molar-refractivity contribution is 5.16. The third-order valence-electron chi connectivity index (χ3n) is 1.93. The van der Waals surface area contributed by atoms with E-state index in [0.29, 0.717) is 24.5 Å². The van der Waals surface area contributed by atoms with Crippen LogP contribution in [0.4, 0.5) is 6.01 Å². The maximum atomic E-state index is 5.38. The van der Waals surface area contributed by atoms with Gasteiger partial charge >= 0.3 is 6.01 Å². The number of nitrogens with one attached hydrogen (secondary N) is 2. The fourth-order valence-corrected chi connectivity index (χ4v) is 1.06. The van der Waals surface area contributed by atoms with Gasteiger partial charge in [-0.1, -0.05) is 32.3 Å². The highest BCUT2D eigenvalue weighted by Crippen LogP contribution is 2.05. The molecule has 1 heterocycles. The normalized spacial score (nSPS) is 10.9. The van der Waals surface area contributed by atoms with E-state index in [4.69, 9.17) is 4.42 Å². The smallest absolute Gasteiger partial charge is 0.315 e. The minimum atomic E-state index is 0.424. The van der Waals surface area contributed by atoms with Gasteiger partial charge in [0.25, 0.3) is 0 Å². The molecule has 1 rings (SSSR count). The lowest BCUT2D eigenvalue weighted by atomic mass is 10.3. The number of rotatable bonds is 7. The average molecular weight is 212 g/mol. The van der Waals surface area contributed by atoms with Crippen molar-refractivity contribution in [1.82, 2.24) is 15.5 Å². The second-order valence-corrected chi connectivity index (χ2v) is 3.82. The topological polar surface area (TPSA) is 63.0 Å². The zero-order valence-electron chi connectivity index (χ0n) is 9.71. The highest BCUT2D eigenvalue weighted by Gasteiger charge is 2.04. The molecule has 0 spiro atoms. The highest BCUT2D eigenvalue weighted by atomic mass is 16.4. The van der Waals surface area contributed by atoms with Gasteiger partial charge < -0.3 is 15.1 Å². The van der Waals surface area contributed by atoms with Crippen LogP contribution in [-0.2, 0) is 6.54 Å². The van der Waals surface area contributed by atoms with Crippen molar-refractivity contribution in [2.75, 3.05) is 11.9 Å². The van der Waals surface area contributed by atoms with Crippen LogP contribution < -0.4 is 10.6 Å². The summed E-state index contributed by atoms with van der Waals surface area (Å²) >= 11 is 0. The van der Waals surface area contributed by atoms with Crippen molar-refractivity contribution >= 4 is 6.01 Å². The first-order chi connectivity index (χ1) is 7.22. The number of hydrogen-bond donors (Lipinski definition) is 2. The molecule has 0 aliphatic carbocycles. The maximum Gasteiger partial charge on any atom is 0.315 e. The molecule has 5 heteroatoms. The molecule has 1 aromatic rings. The third kappa shape index (κ3) is 4.78. The summed E-state index contributed by atoms with van der Waals surface area (Å²) in [6.45, 7) is 7.82. The summed E-state index contributed by atoms with van der Waals surface area (Å²) in [6, 6.07) is 0.942. The SMILES string of the molecule is CCCCNc1nnc(CNC(C)C)o1. The van der Waals surface area contributed by atoms with Gasteiger partial charge in [-0.05, 0) is 6.42 Å². The molecule has 0 bridgehead atoms. The molecule has 0 saturated carbocycles. The zero-order chi connectivity index (χ0) is 11.1. The Kier molecular flexibility index (Phi) is 5.10. The Morgan fingerprint density at radius 3 is 2.80 bits per heavy atom. The van der Waals surface area contributed by atoms with Gasteiger partial charge in [0.2, 0.25) is 5.89 Å². The van der Waals surface area contributed by atoms with Gasteiger partial charge in [-0.15, -0.1) is 5.10 Å². The number of anilines is 1. The Bertz CT molecular complexity index is 272. The maximum absolute atomic E-state index is 5.38. The molecule has 0 fully saturated rings. The van der Waals surface area contributed by atoms with Crippen molar-refractivity contribution < 1.29 is 4.42 Å². The first-order valence-corrected chi connectivity index (χ1v) is 5.52. The lowest BCUT2D eigenvalue weighted by Crippen LogP contribution is -2.21. The van der Waals surface area contributed by atoms with E-state index < -0.39 is 0 Å². The molecule has 0 atom stereocenters. The summed E-state index contributed by atoms with van der Waals surface area (Å²) < 4.78 is 5.38. The second-order valence-electron chi connectivity index (χ2n) is 3.82. The lowest BCUT2D eigenvalue weighted by molar-refractivity contribution is 0.458. The van der Waals surface area contributed by atoms with Crippen LogP contribution in [0, 0.1) is 0 Å². The predicted molar refractivity (Wildman–Crippen MR) is 59.7 cm³/mol. The summed E-state index contributed by atoms with van der Waals surface area (Å²) in [5.41, 5.74) is 0. The standard InChI is InChI=1S/C10H20N4O/c1-4-5-6-11-10-14-13-9(15-10)7-12-8(2)3/h8,12H,4-7H2,1-3H3,(H,11,14). The molecule has 0 aromatic carbocycles. The zero-order valence-corrected chi connectivity index (χ0v) is 9.71. The van der Waals surface area contributed by atoms with Crippen LogP contribution in [0.5, 0.6) is 0 Å². The van der Waals surface area contributed by atoms with Crippen molar-refractivity contribution in [2.45, 2.75) is 46.2 Å². The molecule has 5 nitrogen and oxygen atoms in total. The van der Waals surface area contributed by atoms with E-state index in [1.54, 1.807) is 0 Å². The van der Waals surface area contributed by atoms with E-state index in [-0.39, 0.29) is 0 Å². The minimum absolute atomic E-state index is 0.424. The molecule has 0 unspecified atom stereocenters. The number of aromatic nitrogens is 2. The van der Waals surface area contributed by atoms with Crippen LogP contribution in [0.3, 0.4) is 0 Å². The molecular weight excluding hydrogens is 192 g/mol. The summed E-state index contributed by atoms with van der Waals surface area (Å²) in [7, 11) is 0. The van der Waals surface area contributed by atoms with Crippen LogP contribution in [0.15, 0.2) is 4.42 Å². The molecule has 15 heavy (non-hydrogen) atoms. The van der Waals surface area contributed by atoms with E-state index in [2.05, 4.69) is 41.6 Å². The molecule has 0 radical (unpaired) electrons. The second kappa shape index (κ2) is 6.40. The van der Waals surface area contributed by atoms with Crippen molar-refractivity contribution in [1.29, 1.82) is 0 Å². The summed E-state index contributed by atoms with van der Waals surface area (Å²) in [5, 5.41) is 14.1. The fraction of sp³-hybridized carbons (Fsp3) is 0.800. The van der Waals surface area contributed by atoms with Crippen LogP contribution in [-0.4, -0.2) is 22.8 Å². The third-order valence-corrected chi connectivity index (χ3v) is 1.93. The largest absolute Gasteiger partial charge is 0.407 e. The Hall–Kier alpha value is -1.10. The first-order valence-electron chi connectivity index (χ1n) is 5.52. The Labute approximate surface area is 90.7 Å². The van der Waals surface area contributed by atoms with Crippen LogP contribution >= 0.6 is 0 Å². The summed E-state index contributed by atoms with van der Waals surface area (Å²) in [6.07, 6.45) is 2.27. The van der Waals surface area contributed by atoms with Crippen LogP contribution in [0.1, 0.15) is 39.5 Å². The Balaban J connectivity index is 2.29. The van der Waals surface area contributed by atoms with E-state index in [1.165, 1.54) is 0 Å². The number of unbranched alkanes of at least 4 members (excludes halogenated alkanes) is 1. The van der Waals surface area contributed by atoms with Gasteiger partial charge in [0.15, 0.2) is 0 Å². The molecule has 1 aromatic heterocycles. The monoisotopic (exact) mass is 212 g/mol. The van der Waals surface area contributed by atoms with E-state index in [9.17, 15) is 0 Å². The lowest BCUT2D eigenvalue weighted by Gasteiger charge is -2.03. The van der Waals surface area contributed by atoms with Crippen LogP contribution in [0.25, 0.3) is 0 Å². The molecule has 0 amide bonds. The fourth-order valence-electron chi connectivity index (χ4n) is 1.06. The molecule has 86 valence electrons. The van der Waals surface area contributed by atoms with Gasteiger partial charge in [-0.25, -0.2) is 0 Å². The Morgan fingerprint density at radius 1 is 1.33 bits per heavy atom. The minimum Gasteiger partial charge on any atom is -0.407 e. The number of nitrogens with zero attached hydrogens (tertiary/aromatic N) is 2. The van der Waals surface area contributed by atoms with E-state index in [1.807, 2.05) is 0 Å². The van der Waals surface area contributed by atoms with Gasteiger partial charge in [-0.2, -0.15) is 0 Å². The summed E-state index contributed by atoms with van der Waals surface area (Å²) in [5.74, 6) is 0.627. The summed E-state index contributed by atoms with van der Waals surface area (Å²) in [4.78, 5) is 0. The molecular formula is C10H20N4O. The predicted octanol–water partition coefficient (Wildman–Crippen LogP) is 1.78. The quantitative estimate of drug-likeness (QED) is 0.674. The van der Waals surface area contributed by atoms with Gasteiger partial charge in [0, 0.05) is 12.6 Å². The molecule has 0 saturated heterocycles. The van der Waals surface area contributed by atoms with Crippen molar-refractivity contribution in [2.24, 2.45) is 0 Å². The van der Waals surface area contributed by atoms with Crippen molar-refractivity contribution in [3.63, 3.8) is 0 Å². The van der Waals surface area contributed by atoms with Gasteiger partial charge in [0.05, 0.1) is 6.54 Å². The first kappa shape index (κ1) is 12.0. The molecule has 0 aliphatic rings. The Morgan fingerprint density at radius 2 is 2.13 bits per heavy atom. The van der Waals surface area contributed by atoms with Gasteiger partial charge in [0.1, 0.15) is 0 Å². The van der Waals surface area contributed by atoms with Crippen LogP contribution in [0.2, 0.25) is 0 Å². The average Bonchev–Trinajstić information content (AvgIpc) is 2.63. The van der Waals surface area contributed by atoms with Crippen molar-refractivity contribution in [3.8, 4) is 0 Å². The van der Waals surface area contributed by atoms with Crippen molar-refractivity contribution in [3.05, 3.63) is 5.89 Å². The van der Waals surface area contributed by atoms with E-state index in [0.717, 1.165) is 19.4 Å². The van der Waals surface area contributed by atoms with E-state index >= 15 is 0 Å².